The van der Waals surface area contributed by atoms with Crippen LogP contribution >= 0.6 is 0 Å². The molecule has 1 aromatic carbocycles. The van der Waals surface area contributed by atoms with Gasteiger partial charge in [-0.1, -0.05) is 19.9 Å². The zero-order valence-electron chi connectivity index (χ0n) is 11.5. The second-order valence-corrected chi connectivity index (χ2v) is 6.42. The first-order valence-electron chi connectivity index (χ1n) is 6.63. The smallest absolute Gasteiger partial charge is 0.385 e. The average Bonchev–Trinajstić information content (AvgIpc) is 2.25. The molecule has 1 saturated carbocycles. The van der Waals surface area contributed by atoms with Crippen LogP contribution in [0.3, 0.4) is 0 Å². The van der Waals surface area contributed by atoms with Gasteiger partial charge in [0.2, 0.25) is 0 Å². The molecular formula is C15H18F4O. The maximum Gasteiger partial charge on any atom is 0.419 e. The molecule has 1 atom stereocenters. The predicted octanol–water partition coefficient (Wildman–Crippen LogP) is 4.63. The van der Waals surface area contributed by atoms with Crippen LogP contribution < -0.4 is 0 Å². The first-order valence-corrected chi connectivity index (χ1v) is 6.63. The SMILES string of the molecule is CC1(C)CCCC(O)(c2ccc(C(F)(F)F)c(F)c2)C1. The highest BCUT2D eigenvalue weighted by molar-refractivity contribution is 5.31. The molecule has 1 fully saturated rings. The highest BCUT2D eigenvalue weighted by atomic mass is 19.4. The van der Waals surface area contributed by atoms with Crippen molar-refractivity contribution in [1.82, 2.24) is 0 Å². The number of rotatable bonds is 1. The van der Waals surface area contributed by atoms with E-state index in [1.54, 1.807) is 0 Å². The largest absolute Gasteiger partial charge is 0.419 e. The van der Waals surface area contributed by atoms with E-state index in [4.69, 9.17) is 0 Å². The van der Waals surface area contributed by atoms with Crippen LogP contribution in [-0.4, -0.2) is 5.11 Å². The van der Waals surface area contributed by atoms with Gasteiger partial charge in [-0.25, -0.2) is 4.39 Å². The number of halogens is 4. The Labute approximate surface area is 115 Å². The molecule has 0 heterocycles. The van der Waals surface area contributed by atoms with Gasteiger partial charge in [-0.15, -0.1) is 0 Å². The van der Waals surface area contributed by atoms with Gasteiger partial charge in [0.05, 0.1) is 11.2 Å². The monoisotopic (exact) mass is 290 g/mol. The Bertz CT molecular complexity index is 507. The maximum absolute atomic E-state index is 13.6. The fourth-order valence-electron chi connectivity index (χ4n) is 3.11. The van der Waals surface area contributed by atoms with Gasteiger partial charge in [-0.05, 0) is 48.8 Å². The van der Waals surface area contributed by atoms with Crippen LogP contribution in [0.15, 0.2) is 18.2 Å². The molecule has 0 radical (unpaired) electrons. The maximum atomic E-state index is 13.6. The molecule has 0 aliphatic heterocycles. The molecule has 1 nitrogen and oxygen atoms in total. The topological polar surface area (TPSA) is 20.2 Å². The second kappa shape index (κ2) is 4.72. The summed E-state index contributed by atoms with van der Waals surface area (Å²) < 4.78 is 51.2. The lowest BCUT2D eigenvalue weighted by Gasteiger charge is -2.42. The number of aliphatic hydroxyl groups is 1. The third-order valence-electron chi connectivity index (χ3n) is 4.03. The summed E-state index contributed by atoms with van der Waals surface area (Å²) in [5.74, 6) is -1.33. The summed E-state index contributed by atoms with van der Waals surface area (Å²) in [5, 5.41) is 10.6. The van der Waals surface area contributed by atoms with E-state index >= 15 is 0 Å². The molecule has 1 aliphatic carbocycles. The molecule has 0 amide bonds. The van der Waals surface area contributed by atoms with E-state index in [2.05, 4.69) is 0 Å². The van der Waals surface area contributed by atoms with E-state index in [1.165, 1.54) is 6.07 Å². The van der Waals surface area contributed by atoms with Crippen molar-refractivity contribution in [3.05, 3.63) is 35.1 Å². The number of hydrogen-bond acceptors (Lipinski definition) is 1. The van der Waals surface area contributed by atoms with E-state index in [9.17, 15) is 22.7 Å². The van der Waals surface area contributed by atoms with Gasteiger partial charge in [0.15, 0.2) is 0 Å². The van der Waals surface area contributed by atoms with Gasteiger partial charge < -0.3 is 5.11 Å². The lowest BCUT2D eigenvalue weighted by atomic mass is 9.67. The highest BCUT2D eigenvalue weighted by Crippen LogP contribution is 2.46. The first kappa shape index (κ1) is 15.3. The third kappa shape index (κ3) is 2.97. The minimum Gasteiger partial charge on any atom is -0.385 e. The Kier molecular flexibility index (Phi) is 3.61. The van der Waals surface area contributed by atoms with Crippen molar-refractivity contribution in [2.24, 2.45) is 5.41 Å². The Morgan fingerprint density at radius 2 is 1.80 bits per heavy atom. The zero-order valence-corrected chi connectivity index (χ0v) is 11.5. The Balaban J connectivity index is 2.36. The lowest BCUT2D eigenvalue weighted by Crippen LogP contribution is -2.36. The molecule has 1 N–H and O–H groups in total. The summed E-state index contributed by atoms with van der Waals surface area (Å²) in [6, 6.07) is 2.72. The van der Waals surface area contributed by atoms with Gasteiger partial charge in [0.25, 0.3) is 0 Å². The molecule has 112 valence electrons. The van der Waals surface area contributed by atoms with Crippen molar-refractivity contribution in [3.8, 4) is 0 Å². The highest BCUT2D eigenvalue weighted by Gasteiger charge is 2.41. The lowest BCUT2D eigenvalue weighted by molar-refractivity contribution is -0.140. The van der Waals surface area contributed by atoms with E-state index < -0.39 is 23.2 Å². The summed E-state index contributed by atoms with van der Waals surface area (Å²) in [4.78, 5) is 0. The van der Waals surface area contributed by atoms with Crippen molar-refractivity contribution >= 4 is 0 Å². The fraction of sp³-hybridized carbons (Fsp3) is 0.600. The number of benzene rings is 1. The van der Waals surface area contributed by atoms with E-state index in [1.807, 2.05) is 13.8 Å². The van der Waals surface area contributed by atoms with Crippen LogP contribution in [0.2, 0.25) is 0 Å². The average molecular weight is 290 g/mol. The van der Waals surface area contributed by atoms with Crippen molar-refractivity contribution in [1.29, 1.82) is 0 Å². The molecule has 0 saturated heterocycles. The normalized spacial score (nSPS) is 26.6. The number of alkyl halides is 3. The van der Waals surface area contributed by atoms with Gasteiger partial charge in [-0.3, -0.25) is 0 Å². The number of hydrogen-bond donors (Lipinski definition) is 1. The fourth-order valence-corrected chi connectivity index (χ4v) is 3.11. The molecular weight excluding hydrogens is 272 g/mol. The van der Waals surface area contributed by atoms with Crippen molar-refractivity contribution < 1.29 is 22.7 Å². The quantitative estimate of drug-likeness (QED) is 0.747. The molecule has 5 heteroatoms. The molecule has 0 aromatic heterocycles. The van der Waals surface area contributed by atoms with Crippen LogP contribution in [0.1, 0.15) is 50.7 Å². The van der Waals surface area contributed by atoms with Gasteiger partial charge >= 0.3 is 6.18 Å². The van der Waals surface area contributed by atoms with Crippen LogP contribution in [-0.2, 0) is 11.8 Å². The minimum absolute atomic E-state index is 0.105. The Morgan fingerprint density at radius 3 is 2.30 bits per heavy atom. The van der Waals surface area contributed by atoms with Gasteiger partial charge in [-0.2, -0.15) is 13.2 Å². The summed E-state index contributed by atoms with van der Waals surface area (Å²) in [7, 11) is 0. The van der Waals surface area contributed by atoms with Crippen molar-refractivity contribution in [2.75, 3.05) is 0 Å². The molecule has 1 aliphatic rings. The Hall–Kier alpha value is -1.10. The predicted molar refractivity (Wildman–Crippen MR) is 67.5 cm³/mol. The zero-order chi connectivity index (χ0) is 15.2. The molecule has 2 rings (SSSR count). The van der Waals surface area contributed by atoms with E-state index in [0.29, 0.717) is 18.9 Å². The van der Waals surface area contributed by atoms with Crippen molar-refractivity contribution in [2.45, 2.75) is 51.3 Å². The van der Waals surface area contributed by atoms with Crippen LogP contribution in [0.25, 0.3) is 0 Å². The molecule has 20 heavy (non-hydrogen) atoms. The first-order chi connectivity index (χ1) is 9.04. The van der Waals surface area contributed by atoms with E-state index in [0.717, 1.165) is 18.9 Å². The van der Waals surface area contributed by atoms with Gasteiger partial charge in [0, 0.05) is 0 Å². The summed E-state index contributed by atoms with van der Waals surface area (Å²) in [6.07, 6.45) is -2.13. The van der Waals surface area contributed by atoms with Crippen LogP contribution in [0.4, 0.5) is 17.6 Å². The van der Waals surface area contributed by atoms with Crippen LogP contribution in [0.5, 0.6) is 0 Å². The summed E-state index contributed by atoms with van der Waals surface area (Å²) in [6.45, 7) is 4.00. The third-order valence-corrected chi connectivity index (χ3v) is 4.03. The van der Waals surface area contributed by atoms with Crippen molar-refractivity contribution in [3.63, 3.8) is 0 Å². The standard InChI is InChI=1S/C15H18F4O/c1-13(2)6-3-7-14(20,9-13)10-4-5-11(12(16)8-10)15(17,18)19/h4-5,8,20H,3,6-7,9H2,1-2H3. The second-order valence-electron chi connectivity index (χ2n) is 6.42. The molecule has 1 aromatic rings. The van der Waals surface area contributed by atoms with E-state index in [-0.39, 0.29) is 11.0 Å². The molecule has 1 unspecified atom stereocenters. The molecule has 0 bridgehead atoms. The summed E-state index contributed by atoms with van der Waals surface area (Å²) in [5.41, 5.74) is -2.41. The minimum atomic E-state index is -4.71. The van der Waals surface area contributed by atoms with Crippen LogP contribution in [0, 0.1) is 11.2 Å². The Morgan fingerprint density at radius 1 is 1.15 bits per heavy atom. The molecule has 0 spiro atoms. The van der Waals surface area contributed by atoms with Gasteiger partial charge in [0.1, 0.15) is 5.82 Å². The summed E-state index contributed by atoms with van der Waals surface area (Å²) >= 11 is 0.